The van der Waals surface area contributed by atoms with Crippen LogP contribution in [-0.4, -0.2) is 42.8 Å². The van der Waals surface area contributed by atoms with Crippen LogP contribution in [0, 0.1) is 6.92 Å². The molecule has 1 saturated heterocycles. The number of nitrogens with zero attached hydrogens (tertiary/aromatic N) is 2. The molecular weight excluding hydrogens is 420 g/mol. The Morgan fingerprint density at radius 3 is 2.41 bits per heavy atom. The molecule has 0 aromatic heterocycles. The van der Waals surface area contributed by atoms with Crippen molar-refractivity contribution in [3.63, 3.8) is 0 Å². The number of likely N-dealkylation sites (tertiary alicyclic amines) is 1. The molecule has 0 radical (unpaired) electrons. The van der Waals surface area contributed by atoms with Crippen LogP contribution in [0.4, 0.5) is 5.69 Å². The van der Waals surface area contributed by atoms with Gasteiger partial charge in [-0.2, -0.15) is 0 Å². The SMILES string of the molecule is Cc1ccc(N2CCc3cc(O)ccc3C2Cc2ccc(OCCN3CCCCC3)cc2)cc1. The first-order chi connectivity index (χ1) is 16.7. The summed E-state index contributed by atoms with van der Waals surface area (Å²) in [5.41, 5.74) is 6.40. The number of benzene rings is 3. The van der Waals surface area contributed by atoms with Crippen LogP contribution in [0.3, 0.4) is 0 Å². The monoisotopic (exact) mass is 456 g/mol. The Balaban J connectivity index is 1.29. The largest absolute Gasteiger partial charge is 0.508 e. The van der Waals surface area contributed by atoms with Gasteiger partial charge in [-0.05, 0) is 98.8 Å². The van der Waals surface area contributed by atoms with Crippen molar-refractivity contribution in [3.8, 4) is 11.5 Å². The van der Waals surface area contributed by atoms with Gasteiger partial charge in [0.15, 0.2) is 0 Å². The van der Waals surface area contributed by atoms with Gasteiger partial charge in [0.25, 0.3) is 0 Å². The number of hydrogen-bond donors (Lipinski definition) is 1. The molecule has 0 saturated carbocycles. The first-order valence-electron chi connectivity index (χ1n) is 12.7. The van der Waals surface area contributed by atoms with Gasteiger partial charge in [-0.1, -0.05) is 42.3 Å². The lowest BCUT2D eigenvalue weighted by Gasteiger charge is -2.39. The molecule has 5 rings (SSSR count). The Kier molecular flexibility index (Phi) is 7.05. The molecule has 1 atom stereocenters. The van der Waals surface area contributed by atoms with Crippen LogP contribution < -0.4 is 9.64 Å². The molecule has 4 heteroatoms. The highest BCUT2D eigenvalue weighted by atomic mass is 16.5. The summed E-state index contributed by atoms with van der Waals surface area (Å²) in [7, 11) is 0. The molecule has 0 aliphatic carbocycles. The maximum absolute atomic E-state index is 10.0. The average molecular weight is 457 g/mol. The smallest absolute Gasteiger partial charge is 0.119 e. The van der Waals surface area contributed by atoms with Crippen LogP contribution in [0.5, 0.6) is 11.5 Å². The number of fused-ring (bicyclic) bond motifs is 1. The van der Waals surface area contributed by atoms with Crippen LogP contribution in [0.25, 0.3) is 0 Å². The Labute approximate surface area is 203 Å². The maximum Gasteiger partial charge on any atom is 0.119 e. The van der Waals surface area contributed by atoms with Crippen molar-refractivity contribution < 1.29 is 9.84 Å². The Hall–Kier alpha value is -2.98. The zero-order valence-electron chi connectivity index (χ0n) is 20.2. The Morgan fingerprint density at radius 1 is 0.882 bits per heavy atom. The number of ether oxygens (including phenoxy) is 1. The summed E-state index contributed by atoms with van der Waals surface area (Å²) >= 11 is 0. The lowest BCUT2D eigenvalue weighted by Crippen LogP contribution is -2.36. The summed E-state index contributed by atoms with van der Waals surface area (Å²) in [5, 5.41) is 10.0. The van der Waals surface area contributed by atoms with Crippen molar-refractivity contribution in [2.24, 2.45) is 0 Å². The molecule has 2 aliphatic rings. The quantitative estimate of drug-likeness (QED) is 0.479. The minimum Gasteiger partial charge on any atom is -0.508 e. The highest BCUT2D eigenvalue weighted by Gasteiger charge is 2.28. The summed E-state index contributed by atoms with van der Waals surface area (Å²) < 4.78 is 6.04. The minimum absolute atomic E-state index is 0.234. The fraction of sp³-hybridized carbons (Fsp3) is 0.400. The second-order valence-corrected chi connectivity index (χ2v) is 9.78. The molecule has 0 spiro atoms. The second kappa shape index (κ2) is 10.5. The number of hydrogen-bond acceptors (Lipinski definition) is 4. The number of phenolic OH excluding ortho intramolecular Hbond substituents is 1. The van der Waals surface area contributed by atoms with Crippen molar-refractivity contribution in [3.05, 3.63) is 89.0 Å². The van der Waals surface area contributed by atoms with E-state index in [4.69, 9.17) is 4.74 Å². The summed E-state index contributed by atoms with van der Waals surface area (Å²) in [6, 6.07) is 23.6. The number of rotatable bonds is 7. The number of phenols is 1. The zero-order valence-corrected chi connectivity index (χ0v) is 20.2. The van der Waals surface area contributed by atoms with Gasteiger partial charge in [0.2, 0.25) is 0 Å². The maximum atomic E-state index is 10.0. The molecule has 1 fully saturated rings. The van der Waals surface area contributed by atoms with E-state index in [1.54, 1.807) is 0 Å². The van der Waals surface area contributed by atoms with E-state index in [0.29, 0.717) is 5.75 Å². The van der Waals surface area contributed by atoms with E-state index in [-0.39, 0.29) is 6.04 Å². The molecule has 3 aromatic carbocycles. The lowest BCUT2D eigenvalue weighted by atomic mass is 9.88. The van der Waals surface area contributed by atoms with Crippen molar-refractivity contribution in [2.75, 3.05) is 37.7 Å². The third-order valence-electron chi connectivity index (χ3n) is 7.33. The van der Waals surface area contributed by atoms with E-state index in [9.17, 15) is 5.11 Å². The standard InChI is InChI=1S/C30H36N2O2/c1-23-5-9-26(10-6-23)32-18-15-25-22-27(33)11-14-29(25)30(32)21-24-7-12-28(13-8-24)34-20-19-31-16-3-2-4-17-31/h5-14,22,30,33H,2-4,15-21H2,1H3. The van der Waals surface area contributed by atoms with E-state index in [2.05, 4.69) is 71.3 Å². The van der Waals surface area contributed by atoms with Crippen LogP contribution in [0.1, 0.15) is 47.6 Å². The molecule has 34 heavy (non-hydrogen) atoms. The molecule has 2 aliphatic heterocycles. The third-order valence-corrected chi connectivity index (χ3v) is 7.33. The molecular formula is C30H36N2O2. The number of aryl methyl sites for hydroxylation is 1. The average Bonchev–Trinajstić information content (AvgIpc) is 2.86. The van der Waals surface area contributed by atoms with Gasteiger partial charge in [-0.3, -0.25) is 4.90 Å². The zero-order chi connectivity index (χ0) is 23.3. The van der Waals surface area contributed by atoms with Crippen molar-refractivity contribution in [1.82, 2.24) is 4.90 Å². The lowest BCUT2D eigenvalue weighted by molar-refractivity contribution is 0.183. The van der Waals surface area contributed by atoms with E-state index in [1.807, 2.05) is 12.1 Å². The van der Waals surface area contributed by atoms with E-state index >= 15 is 0 Å². The van der Waals surface area contributed by atoms with Gasteiger partial charge in [0.1, 0.15) is 18.1 Å². The first-order valence-corrected chi connectivity index (χ1v) is 12.7. The van der Waals surface area contributed by atoms with Crippen LogP contribution in [-0.2, 0) is 12.8 Å². The van der Waals surface area contributed by atoms with Crippen LogP contribution in [0.15, 0.2) is 66.7 Å². The normalized spacial score (nSPS) is 18.5. The van der Waals surface area contributed by atoms with Crippen molar-refractivity contribution in [2.45, 2.75) is 45.1 Å². The topological polar surface area (TPSA) is 35.9 Å². The van der Waals surface area contributed by atoms with Crippen LogP contribution >= 0.6 is 0 Å². The van der Waals surface area contributed by atoms with Gasteiger partial charge in [0.05, 0.1) is 6.04 Å². The van der Waals surface area contributed by atoms with Gasteiger partial charge in [0, 0.05) is 18.8 Å². The fourth-order valence-electron chi connectivity index (χ4n) is 5.38. The predicted octanol–water partition coefficient (Wildman–Crippen LogP) is 5.91. The molecule has 2 heterocycles. The van der Waals surface area contributed by atoms with Gasteiger partial charge >= 0.3 is 0 Å². The van der Waals surface area contributed by atoms with Gasteiger partial charge in [-0.25, -0.2) is 0 Å². The van der Waals surface area contributed by atoms with Gasteiger partial charge in [-0.15, -0.1) is 0 Å². The van der Waals surface area contributed by atoms with Crippen molar-refractivity contribution >= 4 is 5.69 Å². The Morgan fingerprint density at radius 2 is 1.65 bits per heavy atom. The second-order valence-electron chi connectivity index (χ2n) is 9.78. The number of aromatic hydroxyl groups is 1. The number of anilines is 1. The number of piperidine rings is 1. The van der Waals surface area contributed by atoms with E-state index < -0.39 is 0 Å². The summed E-state index contributed by atoms with van der Waals surface area (Å²) in [6.45, 7) is 7.26. The molecule has 0 bridgehead atoms. The minimum atomic E-state index is 0.234. The molecule has 1 unspecified atom stereocenters. The van der Waals surface area contributed by atoms with E-state index in [0.717, 1.165) is 38.3 Å². The molecule has 1 N–H and O–H groups in total. The molecule has 0 amide bonds. The predicted molar refractivity (Wildman–Crippen MR) is 139 cm³/mol. The molecule has 178 valence electrons. The van der Waals surface area contributed by atoms with E-state index in [1.165, 1.54) is 60.3 Å². The summed E-state index contributed by atoms with van der Waals surface area (Å²) in [5.74, 6) is 1.30. The first kappa shape index (κ1) is 22.8. The highest BCUT2D eigenvalue weighted by Crippen LogP contribution is 2.37. The van der Waals surface area contributed by atoms with Gasteiger partial charge < -0.3 is 14.7 Å². The highest BCUT2D eigenvalue weighted by molar-refractivity contribution is 5.54. The molecule has 3 aromatic rings. The Bertz CT molecular complexity index is 1070. The third kappa shape index (κ3) is 5.39. The molecule has 4 nitrogen and oxygen atoms in total. The fourth-order valence-corrected chi connectivity index (χ4v) is 5.38. The van der Waals surface area contributed by atoms with Crippen molar-refractivity contribution in [1.29, 1.82) is 0 Å². The summed E-state index contributed by atoms with van der Waals surface area (Å²) in [6.07, 6.45) is 5.86. The van der Waals surface area contributed by atoms with Crippen LogP contribution in [0.2, 0.25) is 0 Å². The summed E-state index contributed by atoms with van der Waals surface area (Å²) in [4.78, 5) is 5.03.